The van der Waals surface area contributed by atoms with Crippen molar-refractivity contribution in [3.63, 3.8) is 0 Å². The molecule has 0 bridgehead atoms. The van der Waals surface area contributed by atoms with E-state index in [1.807, 2.05) is 0 Å². The molecule has 0 aliphatic carbocycles. The first-order valence-electron chi connectivity index (χ1n) is 6.96. The summed E-state index contributed by atoms with van der Waals surface area (Å²) in [7, 11) is 0. The van der Waals surface area contributed by atoms with E-state index in [-0.39, 0.29) is 26.3 Å². The lowest BCUT2D eigenvalue weighted by atomic mass is 10.1. The number of guanidine groups is 1. The van der Waals surface area contributed by atoms with Crippen LogP contribution in [0.15, 0.2) is 6.07 Å². The molecule has 2 rings (SSSR count). The van der Waals surface area contributed by atoms with Crippen LogP contribution in [0, 0.1) is 35.8 Å². The number of benzene rings is 1. The smallest absolute Gasteiger partial charge is 0.350 e. The van der Waals surface area contributed by atoms with Gasteiger partial charge in [0, 0.05) is 13.1 Å². The molecule has 0 aromatic heterocycles. The van der Waals surface area contributed by atoms with E-state index in [4.69, 9.17) is 15.9 Å². The number of nitro groups is 3. The molecule has 0 saturated carbocycles. The Kier molecular flexibility index (Phi) is 5.13. The summed E-state index contributed by atoms with van der Waals surface area (Å²) < 4.78 is 5.11. The molecular formula is C11H13N7O8. The molecule has 15 nitrogen and oxygen atoms in total. The second-order valence-electron chi connectivity index (χ2n) is 5.00. The zero-order valence-electron chi connectivity index (χ0n) is 13.0. The van der Waals surface area contributed by atoms with E-state index in [9.17, 15) is 35.4 Å². The van der Waals surface area contributed by atoms with Crippen LogP contribution in [0.25, 0.3) is 0 Å². The summed E-state index contributed by atoms with van der Waals surface area (Å²) in [5.41, 5.74) is 1.04. The summed E-state index contributed by atoms with van der Waals surface area (Å²) in [5.74, 6) is -2.19. The van der Waals surface area contributed by atoms with Gasteiger partial charge in [0.15, 0.2) is 0 Å². The van der Waals surface area contributed by atoms with Crippen LogP contribution in [0.2, 0.25) is 0 Å². The van der Waals surface area contributed by atoms with Gasteiger partial charge in [0.2, 0.25) is 11.6 Å². The fraction of sp³-hybridized carbons (Fsp3) is 0.364. The number of phenols is 1. The predicted octanol–water partition coefficient (Wildman–Crippen LogP) is 0.0639. The van der Waals surface area contributed by atoms with E-state index in [0.717, 1.165) is 0 Å². The van der Waals surface area contributed by atoms with E-state index in [2.05, 4.69) is 0 Å². The van der Waals surface area contributed by atoms with Crippen LogP contribution in [-0.2, 0) is 4.74 Å². The Bertz CT molecular complexity index is 791. The van der Waals surface area contributed by atoms with E-state index >= 15 is 0 Å². The number of hydrogen-bond acceptors (Lipinski definition) is 10. The molecule has 0 unspecified atom stereocenters. The molecule has 15 heteroatoms. The number of nitrogens with two attached hydrogens (primary N) is 1. The molecule has 1 aliphatic rings. The number of anilines is 1. The average molecular weight is 371 g/mol. The minimum Gasteiger partial charge on any atom is -0.497 e. The van der Waals surface area contributed by atoms with Crippen LogP contribution in [0.4, 0.5) is 22.7 Å². The SMILES string of the molecule is N=C(N)N(c1c([N+](=O)[O-])cc([N+](=O)[O-])c(O)c1[N+](=O)[O-])N1CCOCC1. The highest BCUT2D eigenvalue weighted by Gasteiger charge is 2.42. The zero-order chi connectivity index (χ0) is 19.6. The van der Waals surface area contributed by atoms with Crippen molar-refractivity contribution in [3.8, 4) is 5.75 Å². The second kappa shape index (κ2) is 7.11. The number of hydrazine groups is 1. The summed E-state index contributed by atoms with van der Waals surface area (Å²) in [4.78, 5) is 30.3. The number of ether oxygens (including phenoxy) is 1. The van der Waals surface area contributed by atoms with E-state index < -0.39 is 49.2 Å². The van der Waals surface area contributed by atoms with Crippen LogP contribution in [0.1, 0.15) is 0 Å². The van der Waals surface area contributed by atoms with Gasteiger partial charge in [-0.25, -0.2) is 10.0 Å². The molecule has 4 N–H and O–H groups in total. The van der Waals surface area contributed by atoms with Crippen LogP contribution >= 0.6 is 0 Å². The van der Waals surface area contributed by atoms with E-state index in [1.165, 1.54) is 5.01 Å². The molecule has 1 heterocycles. The summed E-state index contributed by atoms with van der Waals surface area (Å²) in [6.07, 6.45) is 0. The molecule has 1 aromatic rings. The zero-order valence-corrected chi connectivity index (χ0v) is 13.0. The third-order valence-electron chi connectivity index (χ3n) is 3.49. The molecule has 1 saturated heterocycles. The maximum absolute atomic E-state index is 11.4. The van der Waals surface area contributed by atoms with Gasteiger partial charge < -0.3 is 15.6 Å². The van der Waals surface area contributed by atoms with Gasteiger partial charge in [-0.1, -0.05) is 0 Å². The lowest BCUT2D eigenvalue weighted by molar-refractivity contribution is -0.403. The van der Waals surface area contributed by atoms with Crippen molar-refractivity contribution in [1.82, 2.24) is 5.01 Å². The van der Waals surface area contributed by atoms with Gasteiger partial charge >= 0.3 is 17.1 Å². The van der Waals surface area contributed by atoms with Crippen molar-refractivity contribution in [1.29, 1.82) is 5.41 Å². The molecule has 0 atom stereocenters. The highest BCUT2D eigenvalue weighted by molar-refractivity contribution is 5.99. The topological polar surface area (TPSA) is 215 Å². The fourth-order valence-electron chi connectivity index (χ4n) is 2.45. The number of phenolic OH excluding ortho intramolecular Hbond substituents is 1. The van der Waals surface area contributed by atoms with E-state index in [1.54, 1.807) is 0 Å². The normalized spacial score (nSPS) is 14.6. The minimum absolute atomic E-state index is 0.0889. The fourth-order valence-corrected chi connectivity index (χ4v) is 2.45. The molecule has 140 valence electrons. The highest BCUT2D eigenvalue weighted by Crippen LogP contribution is 2.49. The lowest BCUT2D eigenvalue weighted by Gasteiger charge is -2.36. The van der Waals surface area contributed by atoms with E-state index in [0.29, 0.717) is 11.1 Å². The van der Waals surface area contributed by atoms with Crippen molar-refractivity contribution < 1.29 is 24.6 Å². The maximum atomic E-state index is 11.4. The largest absolute Gasteiger partial charge is 0.497 e. The number of hydrogen-bond donors (Lipinski definition) is 3. The minimum atomic E-state index is -1.37. The number of rotatable bonds is 5. The molecule has 26 heavy (non-hydrogen) atoms. The second-order valence-corrected chi connectivity index (χ2v) is 5.00. The van der Waals surface area contributed by atoms with Gasteiger partial charge in [-0.15, -0.1) is 0 Å². The van der Waals surface area contributed by atoms with Gasteiger partial charge in [0.05, 0.1) is 28.0 Å². The lowest BCUT2D eigenvalue weighted by Crippen LogP contribution is -2.54. The predicted molar refractivity (Wildman–Crippen MR) is 84.9 cm³/mol. The number of nitrogens with zero attached hydrogens (tertiary/aromatic N) is 5. The van der Waals surface area contributed by atoms with Crippen molar-refractivity contribution >= 4 is 28.7 Å². The molecule has 1 aliphatic heterocycles. The summed E-state index contributed by atoms with van der Waals surface area (Å²) in [6.45, 7) is 0.492. The van der Waals surface area contributed by atoms with Gasteiger partial charge in [0.1, 0.15) is 6.07 Å². The number of morpholine rings is 1. The Morgan fingerprint density at radius 1 is 1.15 bits per heavy atom. The van der Waals surface area contributed by atoms with Gasteiger partial charge in [0.25, 0.3) is 5.75 Å². The van der Waals surface area contributed by atoms with Crippen LogP contribution in [0.5, 0.6) is 5.75 Å². The van der Waals surface area contributed by atoms with Crippen molar-refractivity contribution in [2.45, 2.75) is 0 Å². The number of nitro benzene ring substituents is 3. The first kappa shape index (κ1) is 18.7. The molecule has 0 amide bonds. The number of aromatic hydroxyl groups is 1. The average Bonchev–Trinajstić information content (AvgIpc) is 2.54. The molecule has 0 radical (unpaired) electrons. The van der Waals surface area contributed by atoms with Gasteiger partial charge in [-0.2, -0.15) is 0 Å². The first-order valence-corrected chi connectivity index (χ1v) is 6.96. The summed E-state index contributed by atoms with van der Waals surface area (Å²) in [5, 5.41) is 53.4. The molecular weight excluding hydrogens is 358 g/mol. The Labute approximate surface area is 144 Å². The Hall–Kier alpha value is -3.59. The highest BCUT2D eigenvalue weighted by atomic mass is 16.6. The molecule has 0 spiro atoms. The monoisotopic (exact) mass is 371 g/mol. The van der Waals surface area contributed by atoms with Crippen LogP contribution in [0.3, 0.4) is 0 Å². The Morgan fingerprint density at radius 2 is 1.69 bits per heavy atom. The van der Waals surface area contributed by atoms with Crippen LogP contribution in [-0.4, -0.2) is 57.1 Å². The Balaban J connectivity index is 2.84. The van der Waals surface area contributed by atoms with Gasteiger partial charge in [-0.3, -0.25) is 35.8 Å². The Morgan fingerprint density at radius 3 is 2.12 bits per heavy atom. The maximum Gasteiger partial charge on any atom is 0.350 e. The van der Waals surface area contributed by atoms with Crippen molar-refractivity contribution in [2.75, 3.05) is 31.3 Å². The summed E-state index contributed by atoms with van der Waals surface area (Å²) in [6, 6.07) is 0.383. The van der Waals surface area contributed by atoms with Crippen molar-refractivity contribution in [2.24, 2.45) is 5.73 Å². The molecule has 1 fully saturated rings. The number of nitrogens with one attached hydrogen (secondary N) is 1. The quantitative estimate of drug-likeness (QED) is 0.272. The first-order chi connectivity index (χ1) is 12.2. The summed E-state index contributed by atoms with van der Waals surface area (Å²) >= 11 is 0. The standard InChI is InChI=1S/C11H13N7O8/c12-11(13)15(14-1-3-26-4-2-14)8-6(16(20)21)5-7(17(22)23)10(19)9(8)18(24)25/h5,19H,1-4H2,(H3,12,13). The third-order valence-corrected chi connectivity index (χ3v) is 3.49. The van der Waals surface area contributed by atoms with Crippen molar-refractivity contribution in [3.05, 3.63) is 36.4 Å². The third kappa shape index (κ3) is 3.28. The molecule has 1 aromatic carbocycles. The van der Waals surface area contributed by atoms with Crippen LogP contribution < -0.4 is 10.7 Å². The van der Waals surface area contributed by atoms with Gasteiger partial charge in [-0.05, 0) is 0 Å².